The SMILES string of the molecule is O=C1CC[C@H](C(=O)N2C[C@H](O)C[C@@H]2C(=O)O)N1. The van der Waals surface area contributed by atoms with Gasteiger partial charge in [-0.1, -0.05) is 0 Å². The van der Waals surface area contributed by atoms with E-state index in [1.54, 1.807) is 0 Å². The second-order valence-electron chi connectivity index (χ2n) is 4.39. The van der Waals surface area contributed by atoms with E-state index < -0.39 is 30.1 Å². The Bertz CT molecular complexity index is 370. The first-order chi connectivity index (χ1) is 7.99. The molecule has 7 nitrogen and oxygen atoms in total. The average molecular weight is 242 g/mol. The van der Waals surface area contributed by atoms with Gasteiger partial charge in [0.1, 0.15) is 12.1 Å². The predicted octanol–water partition coefficient (Wildman–Crippen LogP) is -1.69. The van der Waals surface area contributed by atoms with Crippen molar-refractivity contribution in [2.24, 2.45) is 0 Å². The molecular weight excluding hydrogens is 228 g/mol. The van der Waals surface area contributed by atoms with Crippen LogP contribution in [-0.2, 0) is 14.4 Å². The molecule has 2 fully saturated rings. The number of carbonyl (C=O) groups excluding carboxylic acids is 2. The molecule has 17 heavy (non-hydrogen) atoms. The van der Waals surface area contributed by atoms with Gasteiger partial charge in [-0.15, -0.1) is 0 Å². The number of carboxylic acid groups (broad SMARTS) is 1. The number of likely N-dealkylation sites (tertiary alicyclic amines) is 1. The summed E-state index contributed by atoms with van der Waals surface area (Å²) in [6.07, 6.45) is -0.0970. The molecule has 0 aromatic rings. The minimum atomic E-state index is -1.13. The molecule has 0 aromatic carbocycles. The lowest BCUT2D eigenvalue weighted by atomic mass is 10.1. The van der Waals surface area contributed by atoms with Crippen molar-refractivity contribution in [2.75, 3.05) is 6.54 Å². The van der Waals surface area contributed by atoms with E-state index in [4.69, 9.17) is 5.11 Å². The predicted molar refractivity (Wildman–Crippen MR) is 54.9 cm³/mol. The van der Waals surface area contributed by atoms with Crippen molar-refractivity contribution < 1.29 is 24.6 Å². The van der Waals surface area contributed by atoms with Gasteiger partial charge in [-0.25, -0.2) is 4.79 Å². The summed E-state index contributed by atoms with van der Waals surface area (Å²) in [6, 6.07) is -1.63. The summed E-state index contributed by atoms with van der Waals surface area (Å²) >= 11 is 0. The number of nitrogens with zero attached hydrogens (tertiary/aromatic N) is 1. The van der Waals surface area contributed by atoms with Crippen LogP contribution in [0.25, 0.3) is 0 Å². The fourth-order valence-corrected chi connectivity index (χ4v) is 2.29. The highest BCUT2D eigenvalue weighted by molar-refractivity contribution is 5.93. The lowest BCUT2D eigenvalue weighted by molar-refractivity contribution is -0.149. The fourth-order valence-electron chi connectivity index (χ4n) is 2.29. The number of hydrogen-bond acceptors (Lipinski definition) is 4. The second kappa shape index (κ2) is 4.33. The highest BCUT2D eigenvalue weighted by atomic mass is 16.4. The average Bonchev–Trinajstić information content (AvgIpc) is 2.83. The maximum atomic E-state index is 12.0. The van der Waals surface area contributed by atoms with Gasteiger partial charge in [0.15, 0.2) is 0 Å². The summed E-state index contributed by atoms with van der Waals surface area (Å²) in [4.78, 5) is 35.1. The van der Waals surface area contributed by atoms with Gasteiger partial charge in [0.25, 0.3) is 0 Å². The van der Waals surface area contributed by atoms with Gasteiger partial charge < -0.3 is 20.4 Å². The van der Waals surface area contributed by atoms with Crippen molar-refractivity contribution in [1.82, 2.24) is 10.2 Å². The smallest absolute Gasteiger partial charge is 0.326 e. The molecule has 0 unspecified atom stereocenters. The van der Waals surface area contributed by atoms with Crippen molar-refractivity contribution in [3.05, 3.63) is 0 Å². The molecule has 7 heteroatoms. The highest BCUT2D eigenvalue weighted by Crippen LogP contribution is 2.21. The first-order valence-electron chi connectivity index (χ1n) is 5.49. The summed E-state index contributed by atoms with van der Waals surface area (Å²) in [5.74, 6) is -1.74. The van der Waals surface area contributed by atoms with Gasteiger partial charge in [0.05, 0.1) is 6.10 Å². The zero-order valence-electron chi connectivity index (χ0n) is 9.13. The van der Waals surface area contributed by atoms with Crippen LogP contribution in [0.2, 0.25) is 0 Å². The normalized spacial score (nSPS) is 32.6. The molecule has 94 valence electrons. The van der Waals surface area contributed by atoms with Crippen LogP contribution in [0.3, 0.4) is 0 Å². The maximum absolute atomic E-state index is 12.0. The molecule has 2 heterocycles. The standard InChI is InChI=1S/C10H14N2O5/c13-5-3-7(10(16)17)12(4-5)9(15)6-1-2-8(14)11-6/h5-7,13H,1-4H2,(H,11,14)(H,16,17)/t5-,6-,7-/m1/s1. The summed E-state index contributed by atoms with van der Waals surface area (Å²) in [5.41, 5.74) is 0. The van der Waals surface area contributed by atoms with Crippen molar-refractivity contribution in [2.45, 2.75) is 37.5 Å². The number of aliphatic hydroxyl groups is 1. The van der Waals surface area contributed by atoms with Crippen LogP contribution in [0.1, 0.15) is 19.3 Å². The van der Waals surface area contributed by atoms with Crippen LogP contribution >= 0.6 is 0 Å². The molecule has 0 aliphatic carbocycles. The number of aliphatic hydroxyl groups excluding tert-OH is 1. The molecule has 2 rings (SSSR count). The molecule has 2 aliphatic heterocycles. The second-order valence-corrected chi connectivity index (χ2v) is 4.39. The number of aliphatic carboxylic acids is 1. The number of rotatable bonds is 2. The van der Waals surface area contributed by atoms with Crippen LogP contribution in [0.5, 0.6) is 0 Å². The number of β-amino-alcohol motifs (C(OH)–C–C–N with tert-alkyl or cyclic N) is 1. The van der Waals surface area contributed by atoms with Gasteiger partial charge in [-0.2, -0.15) is 0 Å². The number of carboxylic acids is 1. The number of nitrogens with one attached hydrogen (secondary N) is 1. The molecule has 3 N–H and O–H groups in total. The van der Waals surface area contributed by atoms with E-state index in [2.05, 4.69) is 5.32 Å². The maximum Gasteiger partial charge on any atom is 0.326 e. The molecule has 0 aromatic heterocycles. The molecular formula is C10H14N2O5. The van der Waals surface area contributed by atoms with Crippen molar-refractivity contribution in [3.8, 4) is 0 Å². The Morgan fingerprint density at radius 1 is 1.41 bits per heavy atom. The third-order valence-corrected chi connectivity index (χ3v) is 3.14. The van der Waals surface area contributed by atoms with Gasteiger partial charge in [0, 0.05) is 19.4 Å². The van der Waals surface area contributed by atoms with E-state index in [9.17, 15) is 19.5 Å². The third-order valence-electron chi connectivity index (χ3n) is 3.14. The zero-order chi connectivity index (χ0) is 12.6. The Labute approximate surface area is 97.4 Å². The topological polar surface area (TPSA) is 107 Å². The van der Waals surface area contributed by atoms with Crippen LogP contribution in [0, 0.1) is 0 Å². The summed E-state index contributed by atoms with van der Waals surface area (Å²) in [5, 5.41) is 20.9. The summed E-state index contributed by atoms with van der Waals surface area (Å²) in [6.45, 7) is 0.0160. The molecule has 0 radical (unpaired) electrons. The van der Waals surface area contributed by atoms with E-state index in [1.165, 1.54) is 0 Å². The quantitative estimate of drug-likeness (QED) is 0.535. The third kappa shape index (κ3) is 2.23. The monoisotopic (exact) mass is 242 g/mol. The summed E-state index contributed by atoms with van der Waals surface area (Å²) in [7, 11) is 0. The molecule has 2 amide bonds. The molecule has 0 bridgehead atoms. The van der Waals surface area contributed by atoms with Crippen LogP contribution in [-0.4, -0.2) is 57.6 Å². The number of amides is 2. The number of carbonyl (C=O) groups is 3. The first kappa shape index (κ1) is 11.8. The lowest BCUT2D eigenvalue weighted by Gasteiger charge is -2.24. The van der Waals surface area contributed by atoms with Gasteiger partial charge in [-0.05, 0) is 6.42 Å². The van der Waals surface area contributed by atoms with E-state index >= 15 is 0 Å². The fraction of sp³-hybridized carbons (Fsp3) is 0.700. The van der Waals surface area contributed by atoms with Gasteiger partial charge >= 0.3 is 5.97 Å². The van der Waals surface area contributed by atoms with E-state index in [-0.39, 0.29) is 25.3 Å². The minimum absolute atomic E-state index is 0.0160. The molecule has 3 atom stereocenters. The summed E-state index contributed by atoms with van der Waals surface area (Å²) < 4.78 is 0. The van der Waals surface area contributed by atoms with Crippen LogP contribution < -0.4 is 5.32 Å². The molecule has 2 saturated heterocycles. The Morgan fingerprint density at radius 2 is 2.12 bits per heavy atom. The van der Waals surface area contributed by atoms with E-state index in [0.29, 0.717) is 6.42 Å². The van der Waals surface area contributed by atoms with E-state index in [1.807, 2.05) is 0 Å². The number of hydrogen-bond donors (Lipinski definition) is 3. The Kier molecular flexibility index (Phi) is 3.01. The Hall–Kier alpha value is -1.63. The van der Waals surface area contributed by atoms with Crippen LogP contribution in [0.4, 0.5) is 0 Å². The van der Waals surface area contributed by atoms with Crippen molar-refractivity contribution in [1.29, 1.82) is 0 Å². The van der Waals surface area contributed by atoms with Crippen molar-refractivity contribution in [3.63, 3.8) is 0 Å². The zero-order valence-corrected chi connectivity index (χ0v) is 9.13. The minimum Gasteiger partial charge on any atom is -0.480 e. The van der Waals surface area contributed by atoms with Gasteiger partial charge in [0.2, 0.25) is 11.8 Å². The van der Waals surface area contributed by atoms with Crippen molar-refractivity contribution >= 4 is 17.8 Å². The molecule has 2 aliphatic rings. The van der Waals surface area contributed by atoms with Crippen LogP contribution in [0.15, 0.2) is 0 Å². The first-order valence-corrected chi connectivity index (χ1v) is 5.49. The molecule has 0 saturated carbocycles. The Morgan fingerprint density at radius 3 is 2.65 bits per heavy atom. The Balaban J connectivity index is 2.07. The lowest BCUT2D eigenvalue weighted by Crippen LogP contribution is -2.49. The largest absolute Gasteiger partial charge is 0.480 e. The molecule has 0 spiro atoms. The van der Waals surface area contributed by atoms with Gasteiger partial charge in [-0.3, -0.25) is 9.59 Å². The van der Waals surface area contributed by atoms with E-state index in [0.717, 1.165) is 4.90 Å². The highest BCUT2D eigenvalue weighted by Gasteiger charge is 2.42.